The van der Waals surface area contributed by atoms with Gasteiger partial charge in [-0.05, 0) is 65.2 Å². The van der Waals surface area contributed by atoms with Gasteiger partial charge < -0.3 is 15.0 Å². The Labute approximate surface area is 141 Å². The van der Waals surface area contributed by atoms with E-state index < -0.39 is 5.97 Å². The maximum atomic E-state index is 12.5. The summed E-state index contributed by atoms with van der Waals surface area (Å²) in [5.74, 6) is -0.464. The van der Waals surface area contributed by atoms with Crippen LogP contribution in [-0.2, 0) is 9.53 Å². The molecule has 2 heterocycles. The fraction of sp³-hybridized carbons (Fsp3) is 0.688. The van der Waals surface area contributed by atoms with Gasteiger partial charge in [0.1, 0.15) is 10.6 Å². The predicted molar refractivity (Wildman–Crippen MR) is 90.9 cm³/mol. The first-order chi connectivity index (χ1) is 10.9. The molecular weight excluding hydrogens is 314 g/mol. The highest BCUT2D eigenvalue weighted by atomic mass is 32.1. The Balaban J connectivity index is 2.00. The van der Waals surface area contributed by atoms with E-state index in [1.807, 2.05) is 0 Å². The van der Waals surface area contributed by atoms with E-state index in [1.165, 1.54) is 0 Å². The molecule has 1 amide bonds. The zero-order valence-corrected chi connectivity index (χ0v) is 15.0. The van der Waals surface area contributed by atoms with E-state index in [-0.39, 0.29) is 11.8 Å². The number of anilines is 1. The SMILES string of the molecule is CCOC(=O)c1c(C)nsc1NC(=O)C1CCN(C(C)C)CC1. The van der Waals surface area contributed by atoms with Crippen LogP contribution in [0.2, 0.25) is 0 Å². The molecule has 1 aromatic rings. The molecule has 0 atom stereocenters. The van der Waals surface area contributed by atoms with Crippen molar-refractivity contribution in [2.75, 3.05) is 25.0 Å². The predicted octanol–water partition coefficient (Wildman–Crippen LogP) is 2.69. The molecule has 0 bridgehead atoms. The molecule has 1 N–H and O–H groups in total. The summed E-state index contributed by atoms with van der Waals surface area (Å²) in [5.41, 5.74) is 0.975. The normalized spacial score (nSPS) is 16.6. The minimum absolute atomic E-state index is 0.0116. The lowest BCUT2D eigenvalue weighted by Gasteiger charge is -2.33. The number of piperidine rings is 1. The second kappa shape index (κ2) is 7.88. The largest absolute Gasteiger partial charge is 0.462 e. The number of esters is 1. The van der Waals surface area contributed by atoms with Gasteiger partial charge in [-0.25, -0.2) is 4.79 Å². The first-order valence-electron chi connectivity index (χ1n) is 8.12. The van der Waals surface area contributed by atoms with Gasteiger partial charge in [-0.2, -0.15) is 4.37 Å². The van der Waals surface area contributed by atoms with Crippen LogP contribution < -0.4 is 5.32 Å². The Morgan fingerprint density at radius 2 is 2.04 bits per heavy atom. The molecule has 1 aliphatic rings. The third kappa shape index (κ3) is 4.29. The molecule has 1 saturated heterocycles. The highest BCUT2D eigenvalue weighted by Crippen LogP contribution is 2.27. The van der Waals surface area contributed by atoms with Crippen molar-refractivity contribution in [2.24, 2.45) is 5.92 Å². The number of nitrogens with one attached hydrogen (secondary N) is 1. The van der Waals surface area contributed by atoms with E-state index in [4.69, 9.17) is 4.74 Å². The summed E-state index contributed by atoms with van der Waals surface area (Å²) in [6, 6.07) is 0.513. The lowest BCUT2D eigenvalue weighted by molar-refractivity contribution is -0.121. The number of amides is 1. The average molecular weight is 339 g/mol. The van der Waals surface area contributed by atoms with Gasteiger partial charge in [0.05, 0.1) is 12.3 Å². The number of likely N-dealkylation sites (tertiary alicyclic amines) is 1. The highest BCUT2D eigenvalue weighted by Gasteiger charge is 2.28. The summed E-state index contributed by atoms with van der Waals surface area (Å²) in [5, 5.41) is 3.38. The van der Waals surface area contributed by atoms with E-state index in [0.29, 0.717) is 28.9 Å². The van der Waals surface area contributed by atoms with E-state index in [0.717, 1.165) is 37.5 Å². The van der Waals surface area contributed by atoms with Crippen molar-refractivity contribution in [3.05, 3.63) is 11.3 Å². The van der Waals surface area contributed by atoms with Crippen LogP contribution in [-0.4, -0.2) is 46.9 Å². The lowest BCUT2D eigenvalue weighted by Crippen LogP contribution is -2.41. The minimum Gasteiger partial charge on any atom is -0.462 e. The molecule has 2 rings (SSSR count). The Hall–Kier alpha value is -1.47. The lowest BCUT2D eigenvalue weighted by atomic mass is 9.95. The Kier molecular flexibility index (Phi) is 6.12. The summed E-state index contributed by atoms with van der Waals surface area (Å²) in [6.45, 7) is 10.0. The smallest absolute Gasteiger partial charge is 0.343 e. The van der Waals surface area contributed by atoms with Crippen LogP contribution in [0, 0.1) is 12.8 Å². The van der Waals surface area contributed by atoms with Crippen molar-refractivity contribution < 1.29 is 14.3 Å². The quantitative estimate of drug-likeness (QED) is 0.835. The molecule has 0 unspecified atom stereocenters. The monoisotopic (exact) mass is 339 g/mol. The van der Waals surface area contributed by atoms with Gasteiger partial charge >= 0.3 is 5.97 Å². The summed E-state index contributed by atoms with van der Waals surface area (Å²) in [7, 11) is 0. The van der Waals surface area contributed by atoms with Crippen LogP contribution in [0.15, 0.2) is 0 Å². The number of carbonyl (C=O) groups excluding carboxylic acids is 2. The number of hydrogen-bond acceptors (Lipinski definition) is 6. The van der Waals surface area contributed by atoms with E-state index in [1.54, 1.807) is 13.8 Å². The fourth-order valence-corrected chi connectivity index (χ4v) is 3.58. The number of aromatic nitrogens is 1. The molecule has 0 aromatic carbocycles. The first-order valence-corrected chi connectivity index (χ1v) is 8.89. The van der Waals surface area contributed by atoms with Crippen LogP contribution in [0.1, 0.15) is 49.7 Å². The second-order valence-corrected chi connectivity index (χ2v) is 6.86. The third-order valence-corrected chi connectivity index (χ3v) is 5.06. The molecule has 128 valence electrons. The average Bonchev–Trinajstić information content (AvgIpc) is 2.88. The zero-order valence-electron chi connectivity index (χ0n) is 14.2. The molecule has 0 aliphatic carbocycles. The van der Waals surface area contributed by atoms with Crippen molar-refractivity contribution in [3.63, 3.8) is 0 Å². The molecule has 0 saturated carbocycles. The van der Waals surface area contributed by atoms with Gasteiger partial charge in [-0.1, -0.05) is 0 Å². The van der Waals surface area contributed by atoms with Crippen LogP contribution in [0.5, 0.6) is 0 Å². The van der Waals surface area contributed by atoms with Crippen molar-refractivity contribution in [3.8, 4) is 0 Å². The molecule has 6 nitrogen and oxygen atoms in total. The molecule has 1 fully saturated rings. The van der Waals surface area contributed by atoms with Crippen LogP contribution >= 0.6 is 11.5 Å². The Morgan fingerprint density at radius 3 is 2.61 bits per heavy atom. The van der Waals surface area contributed by atoms with Gasteiger partial charge in [-0.3, -0.25) is 4.79 Å². The number of aryl methyl sites for hydroxylation is 1. The first kappa shape index (κ1) is 17.9. The summed E-state index contributed by atoms with van der Waals surface area (Å²) in [4.78, 5) is 26.9. The van der Waals surface area contributed by atoms with Crippen LogP contribution in [0.3, 0.4) is 0 Å². The zero-order chi connectivity index (χ0) is 17.0. The standard InChI is InChI=1S/C16H25N3O3S/c1-5-22-16(21)13-11(4)18-23-15(13)17-14(20)12-6-8-19(9-7-12)10(2)3/h10,12H,5-9H2,1-4H3,(H,17,20). The minimum atomic E-state index is -0.427. The Bertz CT molecular complexity index is 563. The van der Waals surface area contributed by atoms with Crippen LogP contribution in [0.4, 0.5) is 5.00 Å². The van der Waals surface area contributed by atoms with E-state index >= 15 is 0 Å². The molecule has 23 heavy (non-hydrogen) atoms. The molecule has 7 heteroatoms. The van der Waals surface area contributed by atoms with Crippen molar-refractivity contribution in [1.82, 2.24) is 9.27 Å². The third-order valence-electron chi connectivity index (χ3n) is 4.21. The van der Waals surface area contributed by atoms with Gasteiger partial charge in [0.2, 0.25) is 5.91 Å². The van der Waals surface area contributed by atoms with Crippen molar-refractivity contribution >= 4 is 28.4 Å². The summed E-state index contributed by atoms with van der Waals surface area (Å²) >= 11 is 1.13. The number of ether oxygens (including phenoxy) is 1. The number of nitrogens with zero attached hydrogens (tertiary/aromatic N) is 2. The van der Waals surface area contributed by atoms with E-state index in [9.17, 15) is 9.59 Å². The van der Waals surface area contributed by atoms with Crippen LogP contribution in [0.25, 0.3) is 0 Å². The summed E-state index contributed by atoms with van der Waals surface area (Å²) < 4.78 is 9.22. The maximum absolute atomic E-state index is 12.5. The van der Waals surface area contributed by atoms with Gasteiger partial charge in [0.15, 0.2) is 0 Å². The molecule has 0 radical (unpaired) electrons. The van der Waals surface area contributed by atoms with Gasteiger partial charge in [0, 0.05) is 12.0 Å². The molecule has 1 aromatic heterocycles. The molecular formula is C16H25N3O3S. The molecule has 0 spiro atoms. The highest BCUT2D eigenvalue weighted by molar-refractivity contribution is 7.11. The second-order valence-electron chi connectivity index (χ2n) is 6.09. The Morgan fingerprint density at radius 1 is 1.39 bits per heavy atom. The topological polar surface area (TPSA) is 71.5 Å². The summed E-state index contributed by atoms with van der Waals surface area (Å²) in [6.07, 6.45) is 1.69. The van der Waals surface area contributed by atoms with Crippen molar-refractivity contribution in [2.45, 2.75) is 46.6 Å². The maximum Gasteiger partial charge on any atom is 0.343 e. The molecule has 1 aliphatic heterocycles. The van der Waals surface area contributed by atoms with Gasteiger partial charge in [0.25, 0.3) is 0 Å². The number of rotatable bonds is 5. The number of carbonyl (C=O) groups is 2. The number of hydrogen-bond donors (Lipinski definition) is 1. The fourth-order valence-electron chi connectivity index (χ4n) is 2.79. The van der Waals surface area contributed by atoms with Crippen molar-refractivity contribution in [1.29, 1.82) is 0 Å². The van der Waals surface area contributed by atoms with Gasteiger partial charge in [-0.15, -0.1) is 0 Å². The van der Waals surface area contributed by atoms with E-state index in [2.05, 4.69) is 28.4 Å².